The number of alkyl halides is 3. The molecule has 0 aromatic carbocycles. The molecule has 1 aliphatic carbocycles. The van der Waals surface area contributed by atoms with E-state index in [0.717, 1.165) is 0 Å². The van der Waals surface area contributed by atoms with E-state index in [2.05, 4.69) is 0 Å². The first-order chi connectivity index (χ1) is 4.86. The zero-order valence-corrected chi connectivity index (χ0v) is 5.61. The molecule has 1 unspecified atom stereocenters. The number of hydrogen-bond acceptors (Lipinski definition) is 1. The fourth-order valence-electron chi connectivity index (χ4n) is 1.15. The minimum atomic E-state index is -3.15. The minimum Gasteiger partial charge on any atom is -0.479 e. The summed E-state index contributed by atoms with van der Waals surface area (Å²) >= 11 is 0. The number of aliphatic carboxylic acids is 1. The molecular formula is C6H7F3O2. The molecule has 0 aromatic heterocycles. The van der Waals surface area contributed by atoms with Crippen molar-refractivity contribution in [2.24, 2.45) is 0 Å². The van der Waals surface area contributed by atoms with Gasteiger partial charge in [-0.25, -0.2) is 18.0 Å². The third-order valence-electron chi connectivity index (χ3n) is 1.81. The van der Waals surface area contributed by atoms with E-state index < -0.39 is 36.8 Å². The summed E-state index contributed by atoms with van der Waals surface area (Å²) in [4.78, 5) is 10.1. The van der Waals surface area contributed by atoms with Gasteiger partial charge in [0, 0.05) is 6.42 Å². The van der Waals surface area contributed by atoms with Crippen LogP contribution < -0.4 is 0 Å². The van der Waals surface area contributed by atoms with E-state index in [9.17, 15) is 18.0 Å². The van der Waals surface area contributed by atoms with Gasteiger partial charge in [-0.3, -0.25) is 0 Å². The Hall–Kier alpha value is -0.740. The Morgan fingerprint density at radius 2 is 1.82 bits per heavy atom. The first-order valence-corrected chi connectivity index (χ1v) is 3.16. The van der Waals surface area contributed by atoms with Crippen LogP contribution in [0.3, 0.4) is 0 Å². The van der Waals surface area contributed by atoms with E-state index in [4.69, 9.17) is 5.11 Å². The van der Waals surface area contributed by atoms with E-state index in [0.29, 0.717) is 0 Å². The molecule has 64 valence electrons. The fraction of sp³-hybridized carbons (Fsp3) is 0.833. The molecular weight excluding hydrogens is 161 g/mol. The summed E-state index contributed by atoms with van der Waals surface area (Å²) in [5, 5.41) is 8.20. The van der Waals surface area contributed by atoms with Gasteiger partial charge in [-0.15, -0.1) is 0 Å². The maximum Gasteiger partial charge on any atom is 0.341 e. The van der Waals surface area contributed by atoms with Gasteiger partial charge >= 0.3 is 5.97 Å². The summed E-state index contributed by atoms with van der Waals surface area (Å²) in [6.45, 7) is 0. The Balaban J connectivity index is 2.73. The number of carbonyl (C=O) groups is 1. The average molecular weight is 168 g/mol. The maximum absolute atomic E-state index is 12.9. The molecule has 0 saturated heterocycles. The van der Waals surface area contributed by atoms with Crippen molar-refractivity contribution in [1.29, 1.82) is 0 Å². The SMILES string of the molecule is O=C(O)C1(F)CCC(F)(F)C1. The Labute approximate surface area is 61.0 Å². The first kappa shape index (κ1) is 8.36. The molecule has 0 heterocycles. The van der Waals surface area contributed by atoms with Crippen molar-refractivity contribution in [3.63, 3.8) is 0 Å². The summed E-state index contributed by atoms with van der Waals surface area (Å²) in [6.07, 6.45) is -2.44. The molecule has 5 heteroatoms. The van der Waals surface area contributed by atoms with Crippen LogP contribution in [0.15, 0.2) is 0 Å². The molecule has 0 radical (unpaired) electrons. The largest absolute Gasteiger partial charge is 0.479 e. The van der Waals surface area contributed by atoms with Gasteiger partial charge in [0.05, 0.1) is 6.42 Å². The third kappa shape index (κ3) is 1.46. The lowest BCUT2D eigenvalue weighted by atomic mass is 10.1. The number of carboxylic acid groups (broad SMARTS) is 1. The smallest absolute Gasteiger partial charge is 0.341 e. The van der Waals surface area contributed by atoms with Crippen molar-refractivity contribution in [1.82, 2.24) is 0 Å². The number of carboxylic acids is 1. The third-order valence-corrected chi connectivity index (χ3v) is 1.81. The van der Waals surface area contributed by atoms with E-state index in [-0.39, 0.29) is 0 Å². The van der Waals surface area contributed by atoms with E-state index in [1.807, 2.05) is 0 Å². The Bertz CT molecular complexity index is 192. The van der Waals surface area contributed by atoms with Crippen molar-refractivity contribution in [2.75, 3.05) is 0 Å². The summed E-state index contributed by atoms with van der Waals surface area (Å²) < 4.78 is 37.4. The summed E-state index contributed by atoms with van der Waals surface area (Å²) in [6, 6.07) is 0. The standard InChI is InChI=1S/C6H7F3O2/c7-5(4(10)11)1-2-6(8,9)3-5/h1-3H2,(H,10,11). The molecule has 1 rings (SSSR count). The van der Waals surface area contributed by atoms with Crippen LogP contribution in [0.4, 0.5) is 13.2 Å². The lowest BCUT2D eigenvalue weighted by molar-refractivity contribution is -0.152. The minimum absolute atomic E-state index is 0.588. The van der Waals surface area contributed by atoms with Crippen LogP contribution in [0.2, 0.25) is 0 Å². The Morgan fingerprint density at radius 3 is 2.00 bits per heavy atom. The van der Waals surface area contributed by atoms with Crippen LogP contribution in [0, 0.1) is 0 Å². The highest BCUT2D eigenvalue weighted by Gasteiger charge is 2.54. The summed E-state index contributed by atoms with van der Waals surface area (Å²) in [7, 11) is 0. The second-order valence-corrected chi connectivity index (χ2v) is 2.80. The molecule has 0 aliphatic heterocycles. The maximum atomic E-state index is 12.9. The van der Waals surface area contributed by atoms with Crippen molar-refractivity contribution < 1.29 is 23.1 Å². The zero-order valence-electron chi connectivity index (χ0n) is 5.61. The van der Waals surface area contributed by atoms with Gasteiger partial charge in [-0.05, 0) is 6.42 Å². The molecule has 0 aromatic rings. The number of rotatable bonds is 1. The predicted molar refractivity (Wildman–Crippen MR) is 30.3 cm³/mol. The van der Waals surface area contributed by atoms with Crippen molar-refractivity contribution in [3.05, 3.63) is 0 Å². The highest BCUT2D eigenvalue weighted by atomic mass is 19.3. The van der Waals surface area contributed by atoms with E-state index in [1.54, 1.807) is 0 Å². The highest BCUT2D eigenvalue weighted by Crippen LogP contribution is 2.43. The summed E-state index contributed by atoms with van der Waals surface area (Å²) in [5.41, 5.74) is -2.70. The number of hydrogen-bond donors (Lipinski definition) is 1. The summed E-state index contributed by atoms with van der Waals surface area (Å²) in [5.74, 6) is -4.93. The van der Waals surface area contributed by atoms with Crippen LogP contribution >= 0.6 is 0 Å². The van der Waals surface area contributed by atoms with Gasteiger partial charge in [0.2, 0.25) is 5.67 Å². The van der Waals surface area contributed by atoms with E-state index in [1.165, 1.54) is 0 Å². The average Bonchev–Trinajstić information content (AvgIpc) is 2.08. The fourth-order valence-corrected chi connectivity index (χ4v) is 1.15. The predicted octanol–water partition coefficient (Wildman–Crippen LogP) is 1.60. The van der Waals surface area contributed by atoms with Crippen molar-refractivity contribution in [2.45, 2.75) is 30.9 Å². The van der Waals surface area contributed by atoms with Crippen LogP contribution in [-0.4, -0.2) is 22.7 Å². The van der Waals surface area contributed by atoms with Crippen molar-refractivity contribution in [3.8, 4) is 0 Å². The molecule has 11 heavy (non-hydrogen) atoms. The molecule has 1 saturated carbocycles. The molecule has 0 spiro atoms. The van der Waals surface area contributed by atoms with Gasteiger partial charge < -0.3 is 5.11 Å². The first-order valence-electron chi connectivity index (χ1n) is 3.16. The molecule has 2 nitrogen and oxygen atoms in total. The monoisotopic (exact) mass is 168 g/mol. The van der Waals surface area contributed by atoms with Gasteiger partial charge in [0.25, 0.3) is 5.92 Å². The second-order valence-electron chi connectivity index (χ2n) is 2.80. The highest BCUT2D eigenvalue weighted by molar-refractivity contribution is 5.77. The van der Waals surface area contributed by atoms with Crippen LogP contribution in [0.5, 0.6) is 0 Å². The van der Waals surface area contributed by atoms with Crippen molar-refractivity contribution >= 4 is 5.97 Å². The van der Waals surface area contributed by atoms with Crippen LogP contribution in [0.1, 0.15) is 19.3 Å². The van der Waals surface area contributed by atoms with Crippen LogP contribution in [-0.2, 0) is 4.79 Å². The van der Waals surface area contributed by atoms with Crippen LogP contribution in [0.25, 0.3) is 0 Å². The molecule has 1 fully saturated rings. The molecule has 1 aliphatic rings. The Kier molecular flexibility index (Phi) is 1.61. The zero-order chi connectivity index (χ0) is 8.70. The van der Waals surface area contributed by atoms with Gasteiger partial charge in [-0.2, -0.15) is 0 Å². The lowest BCUT2D eigenvalue weighted by Gasteiger charge is -2.12. The van der Waals surface area contributed by atoms with Gasteiger partial charge in [0.1, 0.15) is 0 Å². The molecule has 1 atom stereocenters. The van der Waals surface area contributed by atoms with E-state index >= 15 is 0 Å². The van der Waals surface area contributed by atoms with Gasteiger partial charge in [-0.1, -0.05) is 0 Å². The normalized spacial score (nSPS) is 35.5. The lowest BCUT2D eigenvalue weighted by Crippen LogP contribution is -2.31. The Morgan fingerprint density at radius 1 is 1.27 bits per heavy atom. The molecule has 0 bridgehead atoms. The molecule has 0 amide bonds. The topological polar surface area (TPSA) is 37.3 Å². The number of halogens is 3. The van der Waals surface area contributed by atoms with Gasteiger partial charge in [0.15, 0.2) is 0 Å². The quantitative estimate of drug-likeness (QED) is 0.645. The second kappa shape index (κ2) is 2.12. The molecule has 1 N–H and O–H groups in total.